The molecule has 8 heteroatoms. The molecule has 1 heterocycles. The molecule has 0 bridgehead atoms. The summed E-state index contributed by atoms with van der Waals surface area (Å²) in [6.45, 7) is 7.45. The number of likely N-dealkylation sites (tertiary alicyclic amines) is 1. The molecular formula is C17H31N5O3. The topological polar surface area (TPSA) is 95.1 Å². The minimum Gasteiger partial charge on any atom is -0.444 e. The Labute approximate surface area is 149 Å². The van der Waals surface area contributed by atoms with Gasteiger partial charge in [-0.2, -0.15) is 0 Å². The van der Waals surface area contributed by atoms with Crippen LogP contribution in [0.2, 0.25) is 0 Å². The standard InChI is InChI=1S/C17H31N5O3/c1-17(2,3)25-16(24)22-10-13(11-22)21-15(18-4)19-9-5-6-14(23)20-12-7-8-12/h12-13H,5-11H2,1-4H3,(H,20,23)(H2,18,19,21). The molecule has 142 valence electrons. The Balaban J connectivity index is 1.56. The maximum absolute atomic E-state index is 11.9. The molecule has 0 spiro atoms. The normalized spacial score (nSPS) is 18.4. The third-order valence-corrected chi connectivity index (χ3v) is 3.91. The molecule has 2 rings (SSSR count). The van der Waals surface area contributed by atoms with Crippen molar-refractivity contribution in [3.63, 3.8) is 0 Å². The van der Waals surface area contributed by atoms with Crippen LogP contribution in [0.4, 0.5) is 4.79 Å². The number of hydrogen-bond donors (Lipinski definition) is 3. The molecule has 0 aromatic rings. The van der Waals surface area contributed by atoms with Crippen LogP contribution in [-0.2, 0) is 9.53 Å². The van der Waals surface area contributed by atoms with Crippen LogP contribution in [-0.4, -0.2) is 67.2 Å². The fraction of sp³-hybridized carbons (Fsp3) is 0.824. The summed E-state index contributed by atoms with van der Waals surface area (Å²) in [5.74, 6) is 0.815. The third kappa shape index (κ3) is 7.19. The fourth-order valence-corrected chi connectivity index (χ4v) is 2.42. The van der Waals surface area contributed by atoms with Gasteiger partial charge < -0.3 is 25.6 Å². The van der Waals surface area contributed by atoms with Gasteiger partial charge in [0, 0.05) is 39.1 Å². The second-order valence-corrected chi connectivity index (χ2v) is 7.67. The van der Waals surface area contributed by atoms with Crippen molar-refractivity contribution >= 4 is 18.0 Å². The number of aliphatic imine (C=N–C) groups is 1. The molecule has 1 aliphatic heterocycles. The zero-order chi connectivity index (χ0) is 18.4. The predicted molar refractivity (Wildman–Crippen MR) is 96.5 cm³/mol. The Morgan fingerprint density at radius 3 is 2.40 bits per heavy atom. The van der Waals surface area contributed by atoms with Crippen molar-refractivity contribution in [1.82, 2.24) is 20.9 Å². The first-order chi connectivity index (χ1) is 11.8. The maximum Gasteiger partial charge on any atom is 0.410 e. The average molecular weight is 353 g/mol. The van der Waals surface area contributed by atoms with Gasteiger partial charge in [-0.15, -0.1) is 0 Å². The number of nitrogens with one attached hydrogen (secondary N) is 3. The van der Waals surface area contributed by atoms with Crippen LogP contribution in [0.15, 0.2) is 4.99 Å². The molecule has 0 atom stereocenters. The van der Waals surface area contributed by atoms with Crippen molar-refractivity contribution in [2.24, 2.45) is 4.99 Å². The molecule has 2 fully saturated rings. The number of nitrogens with zero attached hydrogens (tertiary/aromatic N) is 2. The lowest BCUT2D eigenvalue weighted by atomic mass is 10.1. The Morgan fingerprint density at radius 1 is 1.16 bits per heavy atom. The number of ether oxygens (including phenoxy) is 1. The number of carbonyl (C=O) groups is 2. The Kier molecular flexibility index (Phi) is 6.50. The highest BCUT2D eigenvalue weighted by molar-refractivity contribution is 5.81. The number of rotatable bonds is 6. The van der Waals surface area contributed by atoms with Gasteiger partial charge >= 0.3 is 6.09 Å². The smallest absolute Gasteiger partial charge is 0.410 e. The van der Waals surface area contributed by atoms with Gasteiger partial charge in [0.1, 0.15) is 5.60 Å². The van der Waals surface area contributed by atoms with Gasteiger partial charge in [-0.3, -0.25) is 9.79 Å². The minimum absolute atomic E-state index is 0.124. The predicted octanol–water partition coefficient (Wildman–Crippen LogP) is 0.830. The number of amides is 2. The molecule has 0 aromatic carbocycles. The first kappa shape index (κ1) is 19.3. The Hall–Kier alpha value is -1.99. The monoisotopic (exact) mass is 353 g/mol. The molecule has 0 unspecified atom stereocenters. The molecule has 2 amide bonds. The lowest BCUT2D eigenvalue weighted by molar-refractivity contribution is -0.121. The van der Waals surface area contributed by atoms with Gasteiger partial charge in [0.15, 0.2) is 5.96 Å². The summed E-state index contributed by atoms with van der Waals surface area (Å²) in [4.78, 5) is 29.3. The summed E-state index contributed by atoms with van der Waals surface area (Å²) in [6, 6.07) is 0.582. The van der Waals surface area contributed by atoms with E-state index in [2.05, 4.69) is 20.9 Å². The molecular weight excluding hydrogens is 322 g/mol. The SMILES string of the molecule is CN=C(NCCCC(=O)NC1CC1)NC1CN(C(=O)OC(C)(C)C)C1. The summed E-state index contributed by atoms with van der Waals surface area (Å²) in [7, 11) is 1.71. The van der Waals surface area contributed by atoms with Crippen LogP contribution >= 0.6 is 0 Å². The van der Waals surface area contributed by atoms with Crippen molar-refractivity contribution in [3.05, 3.63) is 0 Å². The highest BCUT2D eigenvalue weighted by Crippen LogP contribution is 2.18. The van der Waals surface area contributed by atoms with Crippen LogP contribution in [0.25, 0.3) is 0 Å². The molecule has 3 N–H and O–H groups in total. The van der Waals surface area contributed by atoms with E-state index in [9.17, 15) is 9.59 Å². The van der Waals surface area contributed by atoms with E-state index in [4.69, 9.17) is 4.74 Å². The van der Waals surface area contributed by atoms with Crippen molar-refractivity contribution in [2.45, 2.75) is 64.1 Å². The van der Waals surface area contributed by atoms with Crippen LogP contribution in [0.3, 0.4) is 0 Å². The van der Waals surface area contributed by atoms with E-state index in [1.54, 1.807) is 11.9 Å². The largest absolute Gasteiger partial charge is 0.444 e. The van der Waals surface area contributed by atoms with E-state index in [0.29, 0.717) is 38.1 Å². The number of carbonyl (C=O) groups excluding carboxylic acids is 2. The van der Waals surface area contributed by atoms with Crippen molar-refractivity contribution < 1.29 is 14.3 Å². The van der Waals surface area contributed by atoms with E-state index < -0.39 is 5.60 Å². The van der Waals surface area contributed by atoms with E-state index in [-0.39, 0.29) is 18.0 Å². The highest BCUT2D eigenvalue weighted by Gasteiger charge is 2.34. The lowest BCUT2D eigenvalue weighted by Gasteiger charge is -2.40. The zero-order valence-electron chi connectivity index (χ0n) is 15.7. The maximum atomic E-state index is 11.9. The number of guanidine groups is 1. The average Bonchev–Trinajstić information content (AvgIpc) is 3.26. The van der Waals surface area contributed by atoms with E-state index in [0.717, 1.165) is 19.3 Å². The summed E-state index contributed by atoms with van der Waals surface area (Å²) in [6.07, 6.45) is 3.23. The lowest BCUT2D eigenvalue weighted by Crippen LogP contribution is -2.63. The molecule has 8 nitrogen and oxygen atoms in total. The van der Waals surface area contributed by atoms with Gasteiger partial charge in [-0.05, 0) is 40.0 Å². The molecule has 25 heavy (non-hydrogen) atoms. The summed E-state index contributed by atoms with van der Waals surface area (Å²) >= 11 is 0. The van der Waals surface area contributed by atoms with Gasteiger partial charge in [-0.1, -0.05) is 0 Å². The van der Waals surface area contributed by atoms with Crippen LogP contribution in [0.1, 0.15) is 46.5 Å². The van der Waals surface area contributed by atoms with Gasteiger partial charge in [0.2, 0.25) is 5.91 Å². The van der Waals surface area contributed by atoms with Crippen molar-refractivity contribution in [3.8, 4) is 0 Å². The summed E-state index contributed by atoms with van der Waals surface area (Å²) < 4.78 is 5.33. The summed E-state index contributed by atoms with van der Waals surface area (Å²) in [5.41, 5.74) is -0.473. The second-order valence-electron chi connectivity index (χ2n) is 7.67. The highest BCUT2D eigenvalue weighted by atomic mass is 16.6. The molecule has 1 saturated carbocycles. The molecule has 0 radical (unpaired) electrons. The molecule has 1 aliphatic carbocycles. The first-order valence-corrected chi connectivity index (χ1v) is 9.01. The number of hydrogen-bond acceptors (Lipinski definition) is 4. The quantitative estimate of drug-likeness (QED) is 0.373. The van der Waals surface area contributed by atoms with Gasteiger partial charge in [0.25, 0.3) is 0 Å². The second kappa shape index (κ2) is 8.40. The van der Waals surface area contributed by atoms with E-state index in [1.165, 1.54) is 0 Å². The summed E-state index contributed by atoms with van der Waals surface area (Å²) in [5, 5.41) is 9.45. The van der Waals surface area contributed by atoms with Crippen molar-refractivity contribution in [1.29, 1.82) is 0 Å². The first-order valence-electron chi connectivity index (χ1n) is 9.01. The molecule has 1 saturated heterocycles. The van der Waals surface area contributed by atoms with Gasteiger partial charge in [0.05, 0.1) is 6.04 Å². The molecule has 0 aromatic heterocycles. The van der Waals surface area contributed by atoms with Gasteiger partial charge in [-0.25, -0.2) is 4.79 Å². The fourth-order valence-electron chi connectivity index (χ4n) is 2.42. The Morgan fingerprint density at radius 2 is 1.84 bits per heavy atom. The Bertz CT molecular complexity index is 505. The molecule has 2 aliphatic rings. The third-order valence-electron chi connectivity index (χ3n) is 3.91. The zero-order valence-corrected chi connectivity index (χ0v) is 15.7. The van der Waals surface area contributed by atoms with Crippen molar-refractivity contribution in [2.75, 3.05) is 26.7 Å². The van der Waals surface area contributed by atoms with E-state index in [1.807, 2.05) is 20.8 Å². The van der Waals surface area contributed by atoms with Crippen LogP contribution in [0.5, 0.6) is 0 Å². The van der Waals surface area contributed by atoms with Crippen LogP contribution in [0, 0.1) is 0 Å². The van der Waals surface area contributed by atoms with E-state index >= 15 is 0 Å². The minimum atomic E-state index is -0.473. The van der Waals surface area contributed by atoms with Crippen LogP contribution < -0.4 is 16.0 Å².